The standard InChI is InChI=1S/C26H32F2N8O/c1-3-20-24-34-31-15-35(24)21-14-30-25(33-23(21)36(20)18-6-4-5-7-18)32-19-9-8-16(10-22(19)37-2)13-29-17-11-26(27,28)12-17/h8-10,14-15,17-18,20,29H,3-7,11-13H2,1-2H3,(H,30,32,33). The van der Waals surface area contributed by atoms with Crippen LogP contribution in [-0.2, 0) is 6.54 Å². The minimum absolute atomic E-state index is 0.104. The second-order valence-corrected chi connectivity index (χ2v) is 10.2. The predicted octanol–water partition coefficient (Wildman–Crippen LogP) is 4.91. The maximum atomic E-state index is 13.1. The van der Waals surface area contributed by atoms with E-state index >= 15 is 0 Å². The van der Waals surface area contributed by atoms with E-state index in [1.54, 1.807) is 13.4 Å². The number of methoxy groups -OCH3 is 1. The Morgan fingerprint density at radius 2 is 2.00 bits per heavy atom. The number of hydrogen-bond acceptors (Lipinski definition) is 8. The van der Waals surface area contributed by atoms with E-state index in [4.69, 9.17) is 9.72 Å². The first-order chi connectivity index (χ1) is 18.0. The number of rotatable bonds is 8. The number of benzene rings is 1. The number of anilines is 3. The van der Waals surface area contributed by atoms with Crippen LogP contribution in [0.2, 0.25) is 0 Å². The van der Waals surface area contributed by atoms with Crippen molar-refractivity contribution in [3.8, 4) is 11.4 Å². The topological polar surface area (TPSA) is 93.0 Å². The van der Waals surface area contributed by atoms with Gasteiger partial charge in [-0.3, -0.25) is 4.57 Å². The first-order valence-corrected chi connectivity index (χ1v) is 13.1. The Morgan fingerprint density at radius 1 is 1.19 bits per heavy atom. The lowest BCUT2D eigenvalue weighted by Gasteiger charge is -2.40. The molecule has 196 valence electrons. The van der Waals surface area contributed by atoms with Gasteiger partial charge in [0, 0.05) is 31.5 Å². The average molecular weight is 511 g/mol. The average Bonchev–Trinajstić information content (AvgIpc) is 3.58. The normalized spacial score (nSPS) is 20.9. The summed E-state index contributed by atoms with van der Waals surface area (Å²) in [7, 11) is 1.61. The van der Waals surface area contributed by atoms with Gasteiger partial charge in [-0.2, -0.15) is 4.98 Å². The van der Waals surface area contributed by atoms with Crippen molar-refractivity contribution in [3.05, 3.63) is 42.1 Å². The van der Waals surface area contributed by atoms with Gasteiger partial charge in [0.25, 0.3) is 5.92 Å². The van der Waals surface area contributed by atoms with Gasteiger partial charge in [0.2, 0.25) is 5.95 Å². The van der Waals surface area contributed by atoms with E-state index in [1.165, 1.54) is 12.8 Å². The molecule has 2 fully saturated rings. The first kappa shape index (κ1) is 24.0. The fourth-order valence-corrected chi connectivity index (χ4v) is 5.84. The fraction of sp³-hybridized carbons (Fsp3) is 0.538. The second-order valence-electron chi connectivity index (χ2n) is 10.2. The van der Waals surface area contributed by atoms with Crippen LogP contribution >= 0.6 is 0 Å². The van der Waals surface area contributed by atoms with Gasteiger partial charge in [-0.25, -0.2) is 13.8 Å². The molecule has 0 bridgehead atoms. The van der Waals surface area contributed by atoms with Crippen LogP contribution in [-0.4, -0.2) is 49.8 Å². The van der Waals surface area contributed by atoms with Gasteiger partial charge >= 0.3 is 0 Å². The lowest BCUT2D eigenvalue weighted by molar-refractivity contribution is -0.0930. The van der Waals surface area contributed by atoms with E-state index in [-0.39, 0.29) is 24.9 Å². The van der Waals surface area contributed by atoms with E-state index in [9.17, 15) is 8.78 Å². The van der Waals surface area contributed by atoms with Crippen molar-refractivity contribution in [1.82, 2.24) is 30.0 Å². The molecule has 2 aromatic heterocycles. The summed E-state index contributed by atoms with van der Waals surface area (Å²) in [6.45, 7) is 2.68. The highest BCUT2D eigenvalue weighted by atomic mass is 19.3. The van der Waals surface area contributed by atoms with Crippen LogP contribution in [0.5, 0.6) is 5.75 Å². The number of halogens is 2. The maximum absolute atomic E-state index is 13.1. The van der Waals surface area contributed by atoms with Crippen molar-refractivity contribution >= 4 is 17.5 Å². The summed E-state index contributed by atoms with van der Waals surface area (Å²) in [5.74, 6) is 0.412. The largest absolute Gasteiger partial charge is 0.495 e. The highest BCUT2D eigenvalue weighted by Gasteiger charge is 2.45. The van der Waals surface area contributed by atoms with Crippen LogP contribution in [0.1, 0.15) is 69.3 Å². The molecule has 37 heavy (non-hydrogen) atoms. The van der Waals surface area contributed by atoms with Crippen molar-refractivity contribution < 1.29 is 13.5 Å². The molecule has 11 heteroatoms. The molecule has 1 aliphatic heterocycles. The summed E-state index contributed by atoms with van der Waals surface area (Å²) in [6, 6.07) is 6.14. The molecule has 0 radical (unpaired) electrons. The van der Waals surface area contributed by atoms with Crippen molar-refractivity contribution in [2.75, 3.05) is 17.3 Å². The summed E-state index contributed by atoms with van der Waals surface area (Å²) < 4.78 is 33.9. The number of nitrogens with zero attached hydrogens (tertiary/aromatic N) is 6. The quantitative estimate of drug-likeness (QED) is 0.442. The van der Waals surface area contributed by atoms with Gasteiger partial charge < -0.3 is 20.3 Å². The van der Waals surface area contributed by atoms with E-state index < -0.39 is 5.92 Å². The van der Waals surface area contributed by atoms with Crippen LogP contribution in [0.15, 0.2) is 30.7 Å². The summed E-state index contributed by atoms with van der Waals surface area (Å²) >= 11 is 0. The lowest BCUT2D eigenvalue weighted by atomic mass is 9.88. The molecule has 2 saturated carbocycles. The Hall–Kier alpha value is -3.34. The summed E-state index contributed by atoms with van der Waals surface area (Å²) in [6.07, 6.45) is 8.97. The Kier molecular flexibility index (Phi) is 6.18. The van der Waals surface area contributed by atoms with E-state index in [0.717, 1.165) is 47.8 Å². The number of aromatic nitrogens is 5. The van der Waals surface area contributed by atoms with E-state index in [0.29, 0.717) is 24.3 Å². The van der Waals surface area contributed by atoms with Crippen molar-refractivity contribution in [2.24, 2.45) is 0 Å². The Bertz CT molecular complexity index is 1270. The number of hydrogen-bond donors (Lipinski definition) is 2. The molecule has 1 aromatic carbocycles. The molecular weight excluding hydrogens is 478 g/mol. The van der Waals surface area contributed by atoms with Crippen molar-refractivity contribution in [2.45, 2.75) is 82.5 Å². The first-order valence-electron chi connectivity index (χ1n) is 13.1. The van der Waals surface area contributed by atoms with Crippen LogP contribution in [0.3, 0.4) is 0 Å². The third-order valence-corrected chi connectivity index (χ3v) is 7.76. The van der Waals surface area contributed by atoms with Gasteiger partial charge in [-0.15, -0.1) is 10.2 Å². The second kappa shape index (κ2) is 9.51. The molecule has 3 aromatic rings. The van der Waals surface area contributed by atoms with Crippen LogP contribution in [0.4, 0.5) is 26.2 Å². The van der Waals surface area contributed by atoms with Gasteiger partial charge in [0.15, 0.2) is 11.6 Å². The third kappa shape index (κ3) is 4.49. The molecule has 0 spiro atoms. The minimum Gasteiger partial charge on any atom is -0.495 e. The summed E-state index contributed by atoms with van der Waals surface area (Å²) in [4.78, 5) is 12.0. The van der Waals surface area contributed by atoms with E-state index in [1.807, 2.05) is 29.0 Å². The maximum Gasteiger partial charge on any atom is 0.251 e. The minimum atomic E-state index is -2.53. The summed E-state index contributed by atoms with van der Waals surface area (Å²) in [5.41, 5.74) is 2.58. The zero-order valence-corrected chi connectivity index (χ0v) is 21.1. The number of fused-ring (bicyclic) bond motifs is 3. The highest BCUT2D eigenvalue weighted by molar-refractivity contribution is 5.68. The smallest absolute Gasteiger partial charge is 0.251 e. The molecule has 1 atom stereocenters. The molecule has 1 unspecified atom stereocenters. The Balaban J connectivity index is 1.25. The fourth-order valence-electron chi connectivity index (χ4n) is 5.84. The van der Waals surface area contributed by atoms with Crippen molar-refractivity contribution in [3.63, 3.8) is 0 Å². The molecule has 6 rings (SSSR count). The van der Waals surface area contributed by atoms with Gasteiger partial charge in [0.05, 0.1) is 25.0 Å². The Morgan fingerprint density at radius 3 is 2.73 bits per heavy atom. The molecule has 0 amide bonds. The molecule has 2 N–H and O–H groups in total. The number of alkyl halides is 2. The van der Waals surface area contributed by atoms with Crippen LogP contribution in [0, 0.1) is 0 Å². The lowest BCUT2D eigenvalue weighted by Crippen LogP contribution is -2.48. The molecule has 9 nitrogen and oxygen atoms in total. The zero-order chi connectivity index (χ0) is 25.6. The number of nitrogens with one attached hydrogen (secondary N) is 2. The van der Waals surface area contributed by atoms with Gasteiger partial charge in [0.1, 0.15) is 17.8 Å². The molecule has 3 heterocycles. The van der Waals surface area contributed by atoms with E-state index in [2.05, 4.69) is 37.6 Å². The van der Waals surface area contributed by atoms with Gasteiger partial charge in [-0.1, -0.05) is 25.8 Å². The van der Waals surface area contributed by atoms with Gasteiger partial charge in [-0.05, 0) is 37.0 Å². The van der Waals surface area contributed by atoms with Crippen molar-refractivity contribution in [1.29, 1.82) is 0 Å². The molecule has 2 aliphatic carbocycles. The number of ether oxygens (including phenoxy) is 1. The van der Waals surface area contributed by atoms with Crippen LogP contribution in [0.25, 0.3) is 5.69 Å². The predicted molar refractivity (Wildman–Crippen MR) is 136 cm³/mol. The third-order valence-electron chi connectivity index (χ3n) is 7.76. The molecule has 3 aliphatic rings. The highest BCUT2D eigenvalue weighted by Crippen LogP contribution is 2.43. The molecule has 0 saturated heterocycles. The molecular formula is C26H32F2N8O. The Labute approximate surface area is 214 Å². The SMILES string of the molecule is CCC1c2nncn2-c2cnc(Nc3ccc(CNC4CC(F)(F)C4)cc3OC)nc2N1C1CCCC1. The monoisotopic (exact) mass is 510 g/mol. The van der Waals surface area contributed by atoms with Crippen LogP contribution < -0.4 is 20.3 Å². The zero-order valence-electron chi connectivity index (χ0n) is 21.1. The summed E-state index contributed by atoms with van der Waals surface area (Å²) in [5, 5.41) is 15.1.